The zero-order valence-corrected chi connectivity index (χ0v) is 13.6. The summed E-state index contributed by atoms with van der Waals surface area (Å²) in [5, 5.41) is 3.15. The third kappa shape index (κ3) is 3.68. The molecule has 1 aromatic heterocycles. The molecule has 1 aromatic carbocycles. The van der Waals surface area contributed by atoms with E-state index in [0.29, 0.717) is 11.8 Å². The van der Waals surface area contributed by atoms with Crippen LogP contribution in [0.1, 0.15) is 56.6 Å². The Morgan fingerprint density at radius 2 is 1.75 bits per heavy atom. The molecule has 2 rings (SSSR count). The molecule has 0 fully saturated rings. The van der Waals surface area contributed by atoms with Crippen LogP contribution in [0, 0.1) is 5.92 Å². The Hall–Kier alpha value is -1.19. The van der Waals surface area contributed by atoms with Crippen molar-refractivity contribution >= 4 is 11.3 Å². The van der Waals surface area contributed by atoms with Crippen LogP contribution in [0.5, 0.6) is 0 Å². The molecule has 0 spiro atoms. The van der Waals surface area contributed by atoms with Gasteiger partial charge in [0.2, 0.25) is 0 Å². The van der Waals surface area contributed by atoms with Crippen molar-refractivity contribution in [3.8, 4) is 11.3 Å². The average molecular weight is 288 g/mol. The van der Waals surface area contributed by atoms with E-state index in [0.717, 1.165) is 17.1 Å². The fourth-order valence-electron chi connectivity index (χ4n) is 2.24. The molecule has 0 saturated heterocycles. The lowest BCUT2D eigenvalue weighted by atomic mass is 10.0. The molecule has 1 atom stereocenters. The van der Waals surface area contributed by atoms with Crippen molar-refractivity contribution in [1.29, 1.82) is 0 Å². The maximum atomic E-state index is 6.20. The molecule has 0 aliphatic heterocycles. The second-order valence-electron chi connectivity index (χ2n) is 6.08. The van der Waals surface area contributed by atoms with Gasteiger partial charge in [-0.3, -0.25) is 0 Å². The molecule has 0 aliphatic rings. The predicted octanol–water partition coefficient (Wildman–Crippen LogP) is 4.98. The predicted molar refractivity (Wildman–Crippen MR) is 88.0 cm³/mol. The molecule has 0 aliphatic carbocycles. The summed E-state index contributed by atoms with van der Waals surface area (Å²) >= 11 is 1.67. The van der Waals surface area contributed by atoms with Crippen LogP contribution >= 0.6 is 11.3 Å². The van der Waals surface area contributed by atoms with Crippen LogP contribution in [0.3, 0.4) is 0 Å². The highest BCUT2D eigenvalue weighted by molar-refractivity contribution is 7.10. The van der Waals surface area contributed by atoms with Gasteiger partial charge in [-0.2, -0.15) is 0 Å². The summed E-state index contributed by atoms with van der Waals surface area (Å²) in [6, 6.07) is 8.74. The van der Waals surface area contributed by atoms with Crippen molar-refractivity contribution in [3.63, 3.8) is 0 Å². The molecular weight excluding hydrogens is 264 g/mol. The van der Waals surface area contributed by atoms with E-state index in [-0.39, 0.29) is 6.04 Å². The number of rotatable bonds is 5. The molecule has 1 heterocycles. The van der Waals surface area contributed by atoms with E-state index in [9.17, 15) is 0 Å². The fourth-order valence-corrected chi connectivity index (χ4v) is 3.08. The van der Waals surface area contributed by atoms with Crippen LogP contribution in [-0.2, 0) is 0 Å². The van der Waals surface area contributed by atoms with Crippen LogP contribution in [0.2, 0.25) is 0 Å². The summed E-state index contributed by atoms with van der Waals surface area (Å²) < 4.78 is 0. The molecule has 20 heavy (non-hydrogen) atoms. The monoisotopic (exact) mass is 288 g/mol. The molecule has 3 heteroatoms. The van der Waals surface area contributed by atoms with Crippen LogP contribution < -0.4 is 5.73 Å². The number of thiazole rings is 1. The van der Waals surface area contributed by atoms with Gasteiger partial charge in [-0.25, -0.2) is 4.98 Å². The quantitative estimate of drug-likeness (QED) is 0.842. The first kappa shape index (κ1) is 15.2. The third-order valence-corrected chi connectivity index (χ3v) is 4.41. The molecule has 0 bridgehead atoms. The first-order valence-electron chi connectivity index (χ1n) is 7.28. The van der Waals surface area contributed by atoms with Crippen LogP contribution in [0.4, 0.5) is 0 Å². The van der Waals surface area contributed by atoms with E-state index in [2.05, 4.69) is 57.3 Å². The second kappa shape index (κ2) is 6.51. The Morgan fingerprint density at radius 3 is 2.30 bits per heavy atom. The van der Waals surface area contributed by atoms with Crippen molar-refractivity contribution in [2.45, 2.75) is 46.1 Å². The number of aromatic nitrogens is 1. The summed E-state index contributed by atoms with van der Waals surface area (Å²) in [4.78, 5) is 4.70. The van der Waals surface area contributed by atoms with Gasteiger partial charge in [0.05, 0.1) is 11.7 Å². The average Bonchev–Trinajstić information content (AvgIpc) is 2.87. The van der Waals surface area contributed by atoms with Crippen molar-refractivity contribution in [3.05, 3.63) is 40.2 Å². The molecule has 2 nitrogen and oxygen atoms in total. The number of benzene rings is 1. The Kier molecular flexibility index (Phi) is 4.95. The smallest absolute Gasteiger partial charge is 0.110 e. The summed E-state index contributed by atoms with van der Waals surface area (Å²) in [6.07, 6.45) is 0.985. The number of hydrogen-bond donors (Lipinski definition) is 1. The first-order valence-corrected chi connectivity index (χ1v) is 8.16. The summed E-state index contributed by atoms with van der Waals surface area (Å²) in [7, 11) is 0. The lowest BCUT2D eigenvalue weighted by molar-refractivity contribution is 0.508. The minimum Gasteiger partial charge on any atom is -0.322 e. The van der Waals surface area contributed by atoms with Crippen LogP contribution in [0.15, 0.2) is 29.6 Å². The topological polar surface area (TPSA) is 38.9 Å². The Bertz CT molecular complexity index is 540. The van der Waals surface area contributed by atoms with Gasteiger partial charge >= 0.3 is 0 Å². The minimum atomic E-state index is 0.0590. The molecule has 0 saturated carbocycles. The van der Waals surface area contributed by atoms with E-state index in [1.54, 1.807) is 11.3 Å². The van der Waals surface area contributed by atoms with E-state index in [4.69, 9.17) is 10.7 Å². The van der Waals surface area contributed by atoms with Crippen molar-refractivity contribution in [2.24, 2.45) is 11.7 Å². The summed E-state index contributed by atoms with van der Waals surface area (Å²) in [5.41, 5.74) is 9.78. The largest absolute Gasteiger partial charge is 0.322 e. The van der Waals surface area contributed by atoms with Gasteiger partial charge in [-0.15, -0.1) is 11.3 Å². The normalized spacial score (nSPS) is 13.2. The van der Waals surface area contributed by atoms with Crippen molar-refractivity contribution in [2.75, 3.05) is 0 Å². The highest BCUT2D eigenvalue weighted by atomic mass is 32.1. The lowest BCUT2D eigenvalue weighted by Gasteiger charge is -2.10. The third-order valence-electron chi connectivity index (χ3n) is 3.44. The first-order chi connectivity index (χ1) is 9.47. The number of hydrogen-bond acceptors (Lipinski definition) is 3. The van der Waals surface area contributed by atoms with Crippen LogP contribution in [-0.4, -0.2) is 4.98 Å². The molecule has 0 amide bonds. The fraction of sp³-hybridized carbons (Fsp3) is 0.471. The second-order valence-corrected chi connectivity index (χ2v) is 6.97. The van der Waals surface area contributed by atoms with E-state index in [1.807, 2.05) is 0 Å². The van der Waals surface area contributed by atoms with Gasteiger partial charge in [0, 0.05) is 10.9 Å². The number of nitrogens with two attached hydrogens (primary N) is 1. The minimum absolute atomic E-state index is 0.0590. The Balaban J connectivity index is 2.16. The SMILES string of the molecule is CC(C)CC(N)c1nc(-c2ccc(C(C)C)cc2)cs1. The molecule has 0 radical (unpaired) electrons. The molecule has 1 unspecified atom stereocenters. The van der Waals surface area contributed by atoms with E-state index >= 15 is 0 Å². The molecular formula is C17H24N2S. The highest BCUT2D eigenvalue weighted by Crippen LogP contribution is 2.28. The molecule has 2 N–H and O–H groups in total. The maximum Gasteiger partial charge on any atom is 0.110 e. The zero-order chi connectivity index (χ0) is 14.7. The van der Waals surface area contributed by atoms with Gasteiger partial charge in [0.15, 0.2) is 0 Å². The van der Waals surface area contributed by atoms with E-state index < -0.39 is 0 Å². The summed E-state index contributed by atoms with van der Waals surface area (Å²) in [6.45, 7) is 8.81. The van der Waals surface area contributed by atoms with Crippen molar-refractivity contribution in [1.82, 2.24) is 4.98 Å². The maximum absolute atomic E-state index is 6.20. The highest BCUT2D eigenvalue weighted by Gasteiger charge is 2.13. The van der Waals surface area contributed by atoms with Crippen LogP contribution in [0.25, 0.3) is 11.3 Å². The summed E-state index contributed by atoms with van der Waals surface area (Å²) in [5.74, 6) is 1.16. The van der Waals surface area contributed by atoms with Gasteiger partial charge in [0.25, 0.3) is 0 Å². The Labute approximate surface area is 126 Å². The van der Waals surface area contributed by atoms with Gasteiger partial charge in [-0.1, -0.05) is 52.0 Å². The van der Waals surface area contributed by atoms with Crippen molar-refractivity contribution < 1.29 is 0 Å². The zero-order valence-electron chi connectivity index (χ0n) is 12.8. The standard InChI is InChI=1S/C17H24N2S/c1-11(2)9-15(18)17-19-16(10-20-17)14-7-5-13(6-8-14)12(3)4/h5-8,10-12,15H,9,18H2,1-4H3. The van der Waals surface area contributed by atoms with Gasteiger partial charge in [-0.05, 0) is 23.8 Å². The van der Waals surface area contributed by atoms with Gasteiger partial charge in [0.1, 0.15) is 5.01 Å². The van der Waals surface area contributed by atoms with Gasteiger partial charge < -0.3 is 5.73 Å². The number of nitrogens with zero attached hydrogens (tertiary/aromatic N) is 1. The Morgan fingerprint density at radius 1 is 1.10 bits per heavy atom. The van der Waals surface area contributed by atoms with E-state index in [1.165, 1.54) is 11.1 Å². The lowest BCUT2D eigenvalue weighted by Crippen LogP contribution is -2.12. The molecule has 2 aromatic rings. The molecule has 108 valence electrons.